The van der Waals surface area contributed by atoms with E-state index in [9.17, 15) is 0 Å². The Bertz CT molecular complexity index is 348. The van der Waals surface area contributed by atoms with Gasteiger partial charge in [-0.15, -0.1) is 0 Å². The summed E-state index contributed by atoms with van der Waals surface area (Å²) in [5, 5.41) is 1.12. The van der Waals surface area contributed by atoms with Crippen LogP contribution in [0.3, 0.4) is 0 Å². The van der Waals surface area contributed by atoms with Crippen molar-refractivity contribution >= 4 is 10.9 Å². The highest BCUT2D eigenvalue weighted by molar-refractivity contribution is 5.81. The molecule has 2 rings (SSSR count). The lowest BCUT2D eigenvalue weighted by Gasteiger charge is -1.93. The maximum absolute atomic E-state index is 4.84. The lowest BCUT2D eigenvalue weighted by molar-refractivity contribution is -0.181. The number of hydrogen-bond donors (Lipinski definition) is 1. The summed E-state index contributed by atoms with van der Waals surface area (Å²) in [6, 6.07) is 9.83. The average molecular weight is 163 g/mol. The Morgan fingerprint density at radius 2 is 2.08 bits per heavy atom. The molecule has 0 atom stereocenters. The second-order valence-electron chi connectivity index (χ2n) is 2.47. The normalized spacial score (nSPS) is 10.4. The van der Waals surface area contributed by atoms with E-state index in [1.165, 1.54) is 7.11 Å². The first-order chi connectivity index (χ1) is 5.90. The fourth-order valence-electron chi connectivity index (χ4n) is 1.18. The second-order valence-corrected chi connectivity index (χ2v) is 2.47. The predicted octanol–water partition coefficient (Wildman–Crippen LogP) is 2.11. The van der Waals surface area contributed by atoms with E-state index in [0.717, 1.165) is 10.9 Å². The third kappa shape index (κ3) is 1.14. The van der Waals surface area contributed by atoms with Crippen molar-refractivity contribution in [3.05, 3.63) is 30.3 Å². The zero-order valence-electron chi connectivity index (χ0n) is 6.70. The van der Waals surface area contributed by atoms with Crippen molar-refractivity contribution in [3.63, 3.8) is 0 Å². The van der Waals surface area contributed by atoms with Gasteiger partial charge in [0.2, 0.25) is 5.88 Å². The van der Waals surface area contributed by atoms with E-state index in [-0.39, 0.29) is 0 Å². The molecule has 1 heterocycles. The Hall–Kier alpha value is -1.48. The minimum absolute atomic E-state index is 0.624. The second kappa shape index (κ2) is 2.87. The van der Waals surface area contributed by atoms with Gasteiger partial charge >= 0.3 is 0 Å². The van der Waals surface area contributed by atoms with Crippen LogP contribution in [0, 0.1) is 0 Å². The minimum atomic E-state index is 0.624. The van der Waals surface area contributed by atoms with E-state index in [2.05, 4.69) is 9.87 Å². The molecule has 2 aromatic rings. The van der Waals surface area contributed by atoms with E-state index in [4.69, 9.17) is 4.89 Å². The number of para-hydroxylation sites is 1. The van der Waals surface area contributed by atoms with Crippen molar-refractivity contribution in [1.29, 1.82) is 0 Å². The molecule has 0 fully saturated rings. The highest BCUT2D eigenvalue weighted by Gasteiger charge is 1.99. The molecular formula is C9H9NO2. The van der Waals surface area contributed by atoms with Crippen LogP contribution in [-0.2, 0) is 4.89 Å². The van der Waals surface area contributed by atoms with Gasteiger partial charge in [0.15, 0.2) is 0 Å². The SMILES string of the molecule is COOc1cc2ccccc2[nH]1. The number of hydrogen-bond acceptors (Lipinski definition) is 2. The Morgan fingerprint density at radius 3 is 2.83 bits per heavy atom. The molecule has 0 radical (unpaired) electrons. The van der Waals surface area contributed by atoms with E-state index in [1.807, 2.05) is 30.3 Å². The summed E-state index contributed by atoms with van der Waals surface area (Å²) in [6.45, 7) is 0. The molecule has 1 aromatic carbocycles. The van der Waals surface area contributed by atoms with E-state index in [0.29, 0.717) is 5.88 Å². The van der Waals surface area contributed by atoms with E-state index < -0.39 is 0 Å². The zero-order chi connectivity index (χ0) is 8.39. The molecule has 1 aromatic heterocycles. The lowest BCUT2D eigenvalue weighted by atomic mass is 10.3. The van der Waals surface area contributed by atoms with Crippen molar-refractivity contribution in [1.82, 2.24) is 4.98 Å². The largest absolute Gasteiger partial charge is 0.323 e. The first-order valence-electron chi connectivity index (χ1n) is 3.68. The number of aromatic amines is 1. The van der Waals surface area contributed by atoms with Crippen LogP contribution >= 0.6 is 0 Å². The maximum Gasteiger partial charge on any atom is 0.235 e. The fourth-order valence-corrected chi connectivity index (χ4v) is 1.18. The summed E-state index contributed by atoms with van der Waals surface area (Å²) >= 11 is 0. The van der Waals surface area contributed by atoms with Crippen LogP contribution in [0.1, 0.15) is 0 Å². The van der Waals surface area contributed by atoms with Crippen LogP contribution in [-0.4, -0.2) is 12.1 Å². The summed E-state index contributed by atoms with van der Waals surface area (Å²) in [5.41, 5.74) is 1.05. The Balaban J connectivity index is 2.47. The third-order valence-electron chi connectivity index (χ3n) is 1.68. The van der Waals surface area contributed by atoms with Gasteiger partial charge in [-0.05, 0) is 6.07 Å². The van der Waals surface area contributed by atoms with Crippen molar-refractivity contribution in [2.24, 2.45) is 0 Å². The summed E-state index contributed by atoms with van der Waals surface area (Å²) in [7, 11) is 1.48. The molecule has 0 bridgehead atoms. The van der Waals surface area contributed by atoms with Crippen LogP contribution in [0.5, 0.6) is 5.88 Å². The van der Waals surface area contributed by atoms with Crippen LogP contribution < -0.4 is 4.89 Å². The third-order valence-corrected chi connectivity index (χ3v) is 1.68. The predicted molar refractivity (Wildman–Crippen MR) is 45.9 cm³/mol. The number of nitrogens with one attached hydrogen (secondary N) is 1. The first-order valence-corrected chi connectivity index (χ1v) is 3.68. The number of aromatic nitrogens is 1. The molecule has 0 aliphatic carbocycles. The molecule has 0 aliphatic heterocycles. The summed E-state index contributed by atoms with van der Waals surface area (Å²) < 4.78 is 0. The topological polar surface area (TPSA) is 34.2 Å². The smallest absolute Gasteiger partial charge is 0.235 e. The highest BCUT2D eigenvalue weighted by Crippen LogP contribution is 2.19. The number of H-pyrrole nitrogens is 1. The molecule has 62 valence electrons. The molecule has 3 nitrogen and oxygen atoms in total. The molecule has 12 heavy (non-hydrogen) atoms. The Kier molecular flexibility index (Phi) is 1.72. The molecule has 0 spiro atoms. The number of fused-ring (bicyclic) bond motifs is 1. The minimum Gasteiger partial charge on any atom is -0.323 e. The average Bonchev–Trinajstić information content (AvgIpc) is 2.47. The van der Waals surface area contributed by atoms with Crippen LogP contribution in [0.15, 0.2) is 30.3 Å². The molecule has 0 unspecified atom stereocenters. The van der Waals surface area contributed by atoms with Gasteiger partial charge < -0.3 is 9.87 Å². The monoisotopic (exact) mass is 163 g/mol. The standard InChI is InChI=1S/C9H9NO2/c1-11-12-9-6-7-4-2-3-5-8(7)10-9/h2-6,10H,1H3. The zero-order valence-corrected chi connectivity index (χ0v) is 6.70. The van der Waals surface area contributed by atoms with E-state index in [1.54, 1.807) is 0 Å². The number of benzene rings is 1. The van der Waals surface area contributed by atoms with Crippen LogP contribution in [0.25, 0.3) is 10.9 Å². The molecule has 3 heteroatoms. The van der Waals surface area contributed by atoms with Crippen molar-refractivity contribution in [3.8, 4) is 5.88 Å². The first kappa shape index (κ1) is 7.18. The Morgan fingerprint density at radius 1 is 1.25 bits per heavy atom. The van der Waals surface area contributed by atoms with Crippen molar-refractivity contribution < 1.29 is 9.78 Å². The molecule has 0 saturated carbocycles. The maximum atomic E-state index is 4.84. The number of rotatable bonds is 2. The fraction of sp³-hybridized carbons (Fsp3) is 0.111. The van der Waals surface area contributed by atoms with Crippen LogP contribution in [0.2, 0.25) is 0 Å². The summed E-state index contributed by atoms with van der Waals surface area (Å²) in [4.78, 5) is 12.4. The van der Waals surface area contributed by atoms with Crippen LogP contribution in [0.4, 0.5) is 0 Å². The molecule has 0 amide bonds. The van der Waals surface area contributed by atoms with E-state index >= 15 is 0 Å². The molecule has 1 N–H and O–H groups in total. The summed E-state index contributed by atoms with van der Waals surface area (Å²) in [5.74, 6) is 0.624. The van der Waals surface area contributed by atoms with Crippen molar-refractivity contribution in [2.75, 3.05) is 7.11 Å². The highest BCUT2D eigenvalue weighted by atomic mass is 17.2. The van der Waals surface area contributed by atoms with Crippen molar-refractivity contribution in [2.45, 2.75) is 0 Å². The van der Waals surface area contributed by atoms with Gasteiger partial charge in [0.1, 0.15) is 0 Å². The van der Waals surface area contributed by atoms with Gasteiger partial charge in [0.25, 0.3) is 0 Å². The van der Waals surface area contributed by atoms with Gasteiger partial charge in [0, 0.05) is 17.0 Å². The van der Waals surface area contributed by atoms with Gasteiger partial charge in [0.05, 0.1) is 7.11 Å². The molecular weight excluding hydrogens is 154 g/mol. The molecule has 0 aliphatic rings. The van der Waals surface area contributed by atoms with Gasteiger partial charge in [-0.1, -0.05) is 18.2 Å². The van der Waals surface area contributed by atoms with Gasteiger partial charge in [-0.2, -0.15) is 4.89 Å². The Labute approximate surface area is 69.8 Å². The molecule has 0 saturated heterocycles. The van der Waals surface area contributed by atoms with Gasteiger partial charge in [-0.25, -0.2) is 0 Å². The summed E-state index contributed by atoms with van der Waals surface area (Å²) in [6.07, 6.45) is 0. The van der Waals surface area contributed by atoms with Gasteiger partial charge in [-0.3, -0.25) is 0 Å². The lowest BCUT2D eigenvalue weighted by Crippen LogP contribution is -1.89. The quantitative estimate of drug-likeness (QED) is 0.543.